The van der Waals surface area contributed by atoms with E-state index in [1.54, 1.807) is 11.8 Å². The Morgan fingerprint density at radius 2 is 2.12 bits per heavy atom. The van der Waals surface area contributed by atoms with Crippen LogP contribution in [0.5, 0.6) is 0 Å². The molecule has 94 valence electrons. The van der Waals surface area contributed by atoms with Gasteiger partial charge in [0.2, 0.25) is 5.91 Å². The summed E-state index contributed by atoms with van der Waals surface area (Å²) in [7, 11) is 0. The maximum atomic E-state index is 11.6. The van der Waals surface area contributed by atoms with Gasteiger partial charge < -0.3 is 5.32 Å². The molecule has 0 bridgehead atoms. The SMILES string of the molecule is CC(C)(C)SCC(=O)NCc1cccc(Cl)c1. The van der Waals surface area contributed by atoms with Crippen LogP contribution in [0.1, 0.15) is 26.3 Å². The number of carbonyl (C=O) groups is 1. The molecule has 1 aromatic carbocycles. The minimum absolute atomic E-state index is 0.0601. The molecule has 1 N–H and O–H groups in total. The maximum Gasteiger partial charge on any atom is 0.230 e. The molecule has 2 nitrogen and oxygen atoms in total. The number of thioether (sulfide) groups is 1. The van der Waals surface area contributed by atoms with Crippen LogP contribution in [0.15, 0.2) is 24.3 Å². The molecule has 0 aromatic heterocycles. The normalized spacial score (nSPS) is 11.3. The van der Waals surface area contributed by atoms with Crippen molar-refractivity contribution in [3.63, 3.8) is 0 Å². The molecule has 1 aromatic rings. The largest absolute Gasteiger partial charge is 0.351 e. The summed E-state index contributed by atoms with van der Waals surface area (Å²) in [5.74, 6) is 0.550. The fraction of sp³-hybridized carbons (Fsp3) is 0.462. The number of hydrogen-bond donors (Lipinski definition) is 1. The van der Waals surface area contributed by atoms with Crippen LogP contribution in [-0.2, 0) is 11.3 Å². The molecule has 17 heavy (non-hydrogen) atoms. The zero-order valence-corrected chi connectivity index (χ0v) is 12.0. The first-order valence-corrected chi connectivity index (χ1v) is 6.88. The Balaban J connectivity index is 2.33. The molecule has 4 heteroatoms. The molecule has 0 saturated heterocycles. The van der Waals surface area contributed by atoms with Gasteiger partial charge in [-0.2, -0.15) is 0 Å². The zero-order valence-electron chi connectivity index (χ0n) is 10.4. The van der Waals surface area contributed by atoms with Gasteiger partial charge in [0.25, 0.3) is 0 Å². The minimum atomic E-state index is 0.0601. The molecule has 0 aliphatic heterocycles. The first-order chi connectivity index (χ1) is 7.87. The van der Waals surface area contributed by atoms with Crippen molar-refractivity contribution >= 4 is 29.3 Å². The van der Waals surface area contributed by atoms with Crippen LogP contribution in [0, 0.1) is 0 Å². The number of carbonyl (C=O) groups excluding carboxylic acids is 1. The van der Waals surface area contributed by atoms with Crippen molar-refractivity contribution in [1.29, 1.82) is 0 Å². The predicted octanol–water partition coefficient (Wildman–Crippen LogP) is 3.49. The predicted molar refractivity (Wildman–Crippen MR) is 75.5 cm³/mol. The summed E-state index contributed by atoms with van der Waals surface area (Å²) in [4.78, 5) is 11.6. The number of amides is 1. The van der Waals surface area contributed by atoms with Crippen LogP contribution in [0.25, 0.3) is 0 Å². The quantitative estimate of drug-likeness (QED) is 0.908. The highest BCUT2D eigenvalue weighted by molar-refractivity contribution is 8.01. The van der Waals surface area contributed by atoms with Crippen molar-refractivity contribution in [3.8, 4) is 0 Å². The number of benzene rings is 1. The molecule has 0 heterocycles. The lowest BCUT2D eigenvalue weighted by atomic mass is 10.2. The van der Waals surface area contributed by atoms with E-state index in [1.165, 1.54) is 0 Å². The fourth-order valence-corrected chi connectivity index (χ4v) is 2.06. The summed E-state index contributed by atoms with van der Waals surface area (Å²) in [6.07, 6.45) is 0. The van der Waals surface area contributed by atoms with E-state index in [9.17, 15) is 4.79 Å². The van der Waals surface area contributed by atoms with Gasteiger partial charge in [-0.1, -0.05) is 44.5 Å². The van der Waals surface area contributed by atoms with Gasteiger partial charge in [0.05, 0.1) is 5.75 Å². The summed E-state index contributed by atoms with van der Waals surface area (Å²) < 4.78 is 0.118. The van der Waals surface area contributed by atoms with Crippen molar-refractivity contribution in [1.82, 2.24) is 5.32 Å². The number of nitrogens with one attached hydrogen (secondary N) is 1. The molecule has 0 fully saturated rings. The lowest BCUT2D eigenvalue weighted by molar-refractivity contribution is -0.118. The van der Waals surface area contributed by atoms with Crippen molar-refractivity contribution in [2.24, 2.45) is 0 Å². The third-order valence-electron chi connectivity index (χ3n) is 2.01. The second-order valence-electron chi connectivity index (χ2n) is 4.81. The molecule has 1 rings (SSSR count). The first kappa shape index (κ1) is 14.4. The molecule has 0 spiro atoms. The van der Waals surface area contributed by atoms with Crippen LogP contribution in [-0.4, -0.2) is 16.4 Å². The van der Waals surface area contributed by atoms with E-state index in [1.807, 2.05) is 24.3 Å². The van der Waals surface area contributed by atoms with E-state index in [0.29, 0.717) is 17.3 Å². The van der Waals surface area contributed by atoms with Gasteiger partial charge in [-0.25, -0.2) is 0 Å². The van der Waals surface area contributed by atoms with Gasteiger partial charge in [-0.15, -0.1) is 11.8 Å². The molecule has 0 atom stereocenters. The Morgan fingerprint density at radius 3 is 2.71 bits per heavy atom. The highest BCUT2D eigenvalue weighted by Crippen LogP contribution is 2.22. The van der Waals surface area contributed by atoms with Gasteiger partial charge in [0, 0.05) is 16.3 Å². The number of rotatable bonds is 4. The second kappa shape index (κ2) is 6.31. The highest BCUT2D eigenvalue weighted by Gasteiger charge is 2.12. The molecular formula is C13H18ClNOS. The minimum Gasteiger partial charge on any atom is -0.351 e. The number of hydrogen-bond acceptors (Lipinski definition) is 2. The summed E-state index contributed by atoms with van der Waals surface area (Å²) in [5, 5.41) is 3.58. The van der Waals surface area contributed by atoms with Crippen molar-refractivity contribution < 1.29 is 4.79 Å². The molecule has 0 unspecified atom stereocenters. The van der Waals surface area contributed by atoms with Gasteiger partial charge in [0.1, 0.15) is 0 Å². The standard InChI is InChI=1S/C13H18ClNOS/c1-13(2,3)17-9-12(16)15-8-10-5-4-6-11(14)7-10/h4-7H,8-9H2,1-3H3,(H,15,16). The average molecular weight is 272 g/mol. The van der Waals surface area contributed by atoms with Crippen LogP contribution >= 0.6 is 23.4 Å². The Labute approximate surface area is 112 Å². The van der Waals surface area contributed by atoms with Crippen molar-refractivity contribution in [2.75, 3.05) is 5.75 Å². The van der Waals surface area contributed by atoms with Crippen molar-refractivity contribution in [2.45, 2.75) is 32.1 Å². The Hall–Kier alpha value is -0.670. The van der Waals surface area contributed by atoms with Gasteiger partial charge >= 0.3 is 0 Å². The summed E-state index contributed by atoms with van der Waals surface area (Å²) in [5.41, 5.74) is 1.02. The molecule has 0 aliphatic carbocycles. The van der Waals surface area contributed by atoms with E-state index < -0.39 is 0 Å². The Kier molecular flexibility index (Phi) is 5.34. The highest BCUT2D eigenvalue weighted by atomic mass is 35.5. The first-order valence-electron chi connectivity index (χ1n) is 5.52. The third-order valence-corrected chi connectivity index (χ3v) is 3.52. The molecular weight excluding hydrogens is 254 g/mol. The smallest absolute Gasteiger partial charge is 0.230 e. The molecule has 0 radical (unpaired) electrons. The summed E-state index contributed by atoms with van der Waals surface area (Å²) in [6, 6.07) is 7.51. The van der Waals surface area contributed by atoms with E-state index in [2.05, 4.69) is 26.1 Å². The zero-order chi connectivity index (χ0) is 12.9. The third kappa shape index (κ3) is 6.59. The lowest BCUT2D eigenvalue weighted by Crippen LogP contribution is -2.26. The van der Waals surface area contributed by atoms with Gasteiger partial charge in [0.15, 0.2) is 0 Å². The van der Waals surface area contributed by atoms with Crippen molar-refractivity contribution in [3.05, 3.63) is 34.9 Å². The van der Waals surface area contributed by atoms with Crippen LogP contribution in [0.3, 0.4) is 0 Å². The molecule has 0 aliphatic rings. The fourth-order valence-electron chi connectivity index (χ4n) is 1.18. The van der Waals surface area contributed by atoms with Gasteiger partial charge in [-0.05, 0) is 17.7 Å². The summed E-state index contributed by atoms with van der Waals surface area (Å²) >= 11 is 7.51. The van der Waals surface area contributed by atoms with Gasteiger partial charge in [-0.3, -0.25) is 4.79 Å². The number of halogens is 1. The molecule has 0 saturated carbocycles. The Morgan fingerprint density at radius 1 is 1.41 bits per heavy atom. The van der Waals surface area contributed by atoms with E-state index in [-0.39, 0.29) is 10.7 Å². The average Bonchev–Trinajstić information content (AvgIpc) is 2.23. The lowest BCUT2D eigenvalue weighted by Gasteiger charge is -2.17. The van der Waals surface area contributed by atoms with Crippen LogP contribution < -0.4 is 5.32 Å². The topological polar surface area (TPSA) is 29.1 Å². The maximum absolute atomic E-state index is 11.6. The van der Waals surface area contributed by atoms with Crippen LogP contribution in [0.2, 0.25) is 5.02 Å². The van der Waals surface area contributed by atoms with E-state index in [0.717, 1.165) is 5.56 Å². The van der Waals surface area contributed by atoms with Crippen LogP contribution in [0.4, 0.5) is 0 Å². The van der Waals surface area contributed by atoms with E-state index in [4.69, 9.17) is 11.6 Å². The molecule has 1 amide bonds. The van der Waals surface area contributed by atoms with E-state index >= 15 is 0 Å². The second-order valence-corrected chi connectivity index (χ2v) is 7.05. The monoisotopic (exact) mass is 271 g/mol. The Bertz CT molecular complexity index is 387. The summed E-state index contributed by atoms with van der Waals surface area (Å²) in [6.45, 7) is 6.83.